The molecule has 2 N–H and O–H groups in total. The standard InChI is InChI=1S/C15H29NO3S/c1-2-3-4-5-6-7-8-9-10-11-14(17)16-13(12-20)15(18)19/h13,20H,2-12H2,1H3,(H,16,17)(H,18,19)/t13-/m0/s1. The van der Waals surface area contributed by atoms with E-state index in [1.54, 1.807) is 0 Å². The first-order valence-corrected chi connectivity index (χ1v) is 8.38. The molecule has 0 radical (unpaired) electrons. The van der Waals surface area contributed by atoms with Gasteiger partial charge in [0.2, 0.25) is 5.91 Å². The van der Waals surface area contributed by atoms with Gasteiger partial charge in [0.15, 0.2) is 0 Å². The minimum Gasteiger partial charge on any atom is -0.480 e. The maximum Gasteiger partial charge on any atom is 0.327 e. The molecule has 4 nitrogen and oxygen atoms in total. The molecule has 1 atom stereocenters. The summed E-state index contributed by atoms with van der Waals surface area (Å²) in [5.74, 6) is -1.09. The van der Waals surface area contributed by atoms with E-state index in [1.807, 2.05) is 0 Å². The molecule has 0 bridgehead atoms. The number of amides is 1. The van der Waals surface area contributed by atoms with Crippen LogP contribution in [-0.4, -0.2) is 28.8 Å². The summed E-state index contributed by atoms with van der Waals surface area (Å²) in [6, 6.07) is -0.871. The van der Waals surface area contributed by atoms with Gasteiger partial charge >= 0.3 is 5.97 Å². The number of thiol groups is 1. The number of carbonyl (C=O) groups is 2. The third kappa shape index (κ3) is 11.1. The van der Waals surface area contributed by atoms with Crippen molar-refractivity contribution in [3.8, 4) is 0 Å². The summed E-state index contributed by atoms with van der Waals surface area (Å²) in [4.78, 5) is 22.2. The van der Waals surface area contributed by atoms with E-state index >= 15 is 0 Å². The maximum absolute atomic E-state index is 11.5. The fraction of sp³-hybridized carbons (Fsp3) is 0.867. The van der Waals surface area contributed by atoms with Gasteiger partial charge in [-0.2, -0.15) is 12.6 Å². The van der Waals surface area contributed by atoms with Crippen molar-refractivity contribution in [3.05, 3.63) is 0 Å². The second-order valence-electron chi connectivity index (χ2n) is 5.22. The molecule has 0 aliphatic carbocycles. The fourth-order valence-electron chi connectivity index (χ4n) is 2.05. The lowest BCUT2D eigenvalue weighted by Crippen LogP contribution is -2.42. The average Bonchev–Trinajstić information content (AvgIpc) is 2.42. The van der Waals surface area contributed by atoms with Crippen molar-refractivity contribution in [1.82, 2.24) is 5.32 Å². The van der Waals surface area contributed by atoms with Crippen LogP contribution in [-0.2, 0) is 9.59 Å². The SMILES string of the molecule is CCCCCCCCCCCC(=O)N[C@@H](CS)C(=O)O. The van der Waals surface area contributed by atoms with Crippen LogP contribution < -0.4 is 5.32 Å². The van der Waals surface area contributed by atoms with Gasteiger partial charge in [0.1, 0.15) is 6.04 Å². The Hall–Kier alpha value is -0.710. The molecule has 5 heteroatoms. The van der Waals surface area contributed by atoms with Crippen molar-refractivity contribution < 1.29 is 14.7 Å². The lowest BCUT2D eigenvalue weighted by Gasteiger charge is -2.11. The highest BCUT2D eigenvalue weighted by Gasteiger charge is 2.17. The smallest absolute Gasteiger partial charge is 0.327 e. The molecule has 0 saturated carbocycles. The predicted molar refractivity (Wildman–Crippen MR) is 85.3 cm³/mol. The highest BCUT2D eigenvalue weighted by molar-refractivity contribution is 7.80. The Balaban J connectivity index is 3.41. The van der Waals surface area contributed by atoms with Crippen LogP contribution in [0.2, 0.25) is 0 Å². The first-order valence-electron chi connectivity index (χ1n) is 7.74. The molecule has 0 spiro atoms. The Morgan fingerprint density at radius 1 is 1.00 bits per heavy atom. The van der Waals surface area contributed by atoms with Gasteiger partial charge in [-0.15, -0.1) is 0 Å². The van der Waals surface area contributed by atoms with Gasteiger partial charge in [-0.3, -0.25) is 4.79 Å². The number of nitrogens with one attached hydrogen (secondary N) is 1. The largest absolute Gasteiger partial charge is 0.480 e. The number of carbonyl (C=O) groups excluding carboxylic acids is 1. The van der Waals surface area contributed by atoms with Crippen molar-refractivity contribution in [2.45, 2.75) is 77.2 Å². The lowest BCUT2D eigenvalue weighted by atomic mass is 10.1. The summed E-state index contributed by atoms with van der Waals surface area (Å²) in [6.07, 6.45) is 11.2. The van der Waals surface area contributed by atoms with Gasteiger partial charge in [-0.05, 0) is 6.42 Å². The fourth-order valence-corrected chi connectivity index (χ4v) is 2.30. The predicted octanol–water partition coefficient (Wildman–Crippen LogP) is 3.41. The Morgan fingerprint density at radius 2 is 1.50 bits per heavy atom. The summed E-state index contributed by atoms with van der Waals surface area (Å²) in [5, 5.41) is 11.3. The quantitative estimate of drug-likeness (QED) is 0.361. The van der Waals surface area contributed by atoms with Crippen LogP contribution in [0.4, 0.5) is 0 Å². The highest BCUT2D eigenvalue weighted by atomic mass is 32.1. The number of rotatable bonds is 13. The molecule has 0 saturated heterocycles. The van der Waals surface area contributed by atoms with E-state index in [0.717, 1.165) is 19.3 Å². The zero-order chi connectivity index (χ0) is 15.2. The molecule has 118 valence electrons. The van der Waals surface area contributed by atoms with Gasteiger partial charge in [0.25, 0.3) is 0 Å². The number of hydrogen-bond donors (Lipinski definition) is 3. The van der Waals surface area contributed by atoms with Crippen LogP contribution in [0.1, 0.15) is 71.1 Å². The highest BCUT2D eigenvalue weighted by Crippen LogP contribution is 2.10. The van der Waals surface area contributed by atoms with Crippen molar-refractivity contribution >= 4 is 24.5 Å². The lowest BCUT2D eigenvalue weighted by molar-refractivity contribution is -0.141. The van der Waals surface area contributed by atoms with Crippen molar-refractivity contribution in [3.63, 3.8) is 0 Å². The maximum atomic E-state index is 11.5. The summed E-state index contributed by atoms with van der Waals surface area (Å²) in [6.45, 7) is 2.22. The second kappa shape index (κ2) is 13.3. The zero-order valence-electron chi connectivity index (χ0n) is 12.6. The number of aliphatic carboxylic acids is 1. The summed E-state index contributed by atoms with van der Waals surface area (Å²) < 4.78 is 0. The number of carboxylic acids is 1. The summed E-state index contributed by atoms with van der Waals surface area (Å²) >= 11 is 3.91. The first-order chi connectivity index (χ1) is 9.61. The topological polar surface area (TPSA) is 66.4 Å². The second-order valence-corrected chi connectivity index (χ2v) is 5.58. The van der Waals surface area contributed by atoms with E-state index < -0.39 is 12.0 Å². The molecule has 0 rings (SSSR count). The minimum atomic E-state index is -1.03. The third-order valence-electron chi connectivity index (χ3n) is 3.32. The molecule has 0 fully saturated rings. The van der Waals surface area contributed by atoms with Gasteiger partial charge < -0.3 is 10.4 Å². The molecular weight excluding hydrogens is 274 g/mol. The number of unbranched alkanes of at least 4 members (excludes halogenated alkanes) is 8. The van der Waals surface area contributed by atoms with Gasteiger partial charge in [-0.25, -0.2) is 4.79 Å². The molecule has 0 heterocycles. The Kier molecular flexibility index (Phi) is 12.8. The van der Waals surface area contributed by atoms with E-state index in [2.05, 4.69) is 24.9 Å². The molecule has 0 aliphatic heterocycles. The van der Waals surface area contributed by atoms with Crippen molar-refractivity contribution in [1.29, 1.82) is 0 Å². The van der Waals surface area contributed by atoms with Gasteiger partial charge in [-0.1, -0.05) is 58.3 Å². The van der Waals surface area contributed by atoms with Crippen LogP contribution in [0, 0.1) is 0 Å². The number of carboxylic acid groups (broad SMARTS) is 1. The van der Waals surface area contributed by atoms with Gasteiger partial charge in [0.05, 0.1) is 0 Å². The average molecular weight is 303 g/mol. The van der Waals surface area contributed by atoms with Crippen LogP contribution in [0.3, 0.4) is 0 Å². The molecule has 0 unspecified atom stereocenters. The van der Waals surface area contributed by atoms with E-state index in [0.29, 0.717) is 6.42 Å². The molecular formula is C15H29NO3S. The summed E-state index contributed by atoms with van der Waals surface area (Å²) in [5.41, 5.74) is 0. The summed E-state index contributed by atoms with van der Waals surface area (Å²) in [7, 11) is 0. The molecule has 0 aliphatic rings. The van der Waals surface area contributed by atoms with E-state index in [4.69, 9.17) is 5.11 Å². The van der Waals surface area contributed by atoms with E-state index in [9.17, 15) is 9.59 Å². The number of hydrogen-bond acceptors (Lipinski definition) is 3. The van der Waals surface area contributed by atoms with Crippen LogP contribution >= 0.6 is 12.6 Å². The Morgan fingerprint density at radius 3 is 1.95 bits per heavy atom. The van der Waals surface area contributed by atoms with Gasteiger partial charge in [0, 0.05) is 12.2 Å². The van der Waals surface area contributed by atoms with Crippen LogP contribution in [0.25, 0.3) is 0 Å². The molecule has 0 aromatic heterocycles. The van der Waals surface area contributed by atoms with E-state index in [-0.39, 0.29) is 11.7 Å². The molecule has 0 aromatic rings. The Labute approximate surface area is 128 Å². The minimum absolute atomic E-state index is 0.124. The van der Waals surface area contributed by atoms with Crippen LogP contribution in [0.15, 0.2) is 0 Å². The van der Waals surface area contributed by atoms with Crippen molar-refractivity contribution in [2.24, 2.45) is 0 Å². The van der Waals surface area contributed by atoms with Crippen LogP contribution in [0.5, 0.6) is 0 Å². The van der Waals surface area contributed by atoms with E-state index in [1.165, 1.54) is 38.5 Å². The first kappa shape index (κ1) is 19.3. The monoisotopic (exact) mass is 303 g/mol. The third-order valence-corrected chi connectivity index (χ3v) is 3.69. The Bertz CT molecular complexity index is 272. The molecule has 0 aromatic carbocycles. The van der Waals surface area contributed by atoms with Crippen molar-refractivity contribution in [2.75, 3.05) is 5.75 Å². The normalized spacial score (nSPS) is 12.1. The molecule has 20 heavy (non-hydrogen) atoms. The zero-order valence-corrected chi connectivity index (χ0v) is 13.5. The molecule has 1 amide bonds.